The Morgan fingerprint density at radius 3 is 2.63 bits per heavy atom. The summed E-state index contributed by atoms with van der Waals surface area (Å²) in [6, 6.07) is 3.76. The lowest BCUT2D eigenvalue weighted by Crippen LogP contribution is -1.99. The smallest absolute Gasteiger partial charge is 0.161 e. The second kappa shape index (κ2) is 4.86. The number of rotatable bonds is 2. The molecule has 1 heterocycles. The largest absolute Gasteiger partial charge is 0.508 e. The molecule has 0 bridgehead atoms. The Kier molecular flexibility index (Phi) is 3.34. The molecular weight excluding hydrogens is 382 g/mol. The number of aromatic nitrogens is 2. The molecule has 6 heteroatoms. The molecule has 0 amide bonds. The van der Waals surface area contributed by atoms with Crippen molar-refractivity contribution in [1.29, 1.82) is 0 Å². The molecule has 2 aromatic rings. The Morgan fingerprint density at radius 2 is 2.00 bits per heavy atom. The quantitative estimate of drug-likeness (QED) is 0.620. The normalized spacial score (nSPS) is 14.7. The third kappa shape index (κ3) is 2.67. The van der Waals surface area contributed by atoms with Crippen molar-refractivity contribution in [3.63, 3.8) is 0 Å². The van der Waals surface area contributed by atoms with Gasteiger partial charge in [0.1, 0.15) is 16.7 Å². The van der Waals surface area contributed by atoms with Crippen molar-refractivity contribution in [2.75, 3.05) is 0 Å². The van der Waals surface area contributed by atoms with E-state index in [1.165, 1.54) is 12.1 Å². The molecule has 1 saturated carbocycles. The van der Waals surface area contributed by atoms with E-state index in [4.69, 9.17) is 11.6 Å². The van der Waals surface area contributed by atoms with E-state index in [2.05, 4.69) is 32.6 Å². The highest BCUT2D eigenvalue weighted by Crippen LogP contribution is 2.42. The molecule has 1 aliphatic rings. The van der Waals surface area contributed by atoms with Gasteiger partial charge < -0.3 is 5.11 Å². The van der Waals surface area contributed by atoms with E-state index in [1.54, 1.807) is 0 Å². The molecule has 0 unspecified atom stereocenters. The van der Waals surface area contributed by atoms with Gasteiger partial charge in [0.25, 0.3) is 0 Å². The molecule has 19 heavy (non-hydrogen) atoms. The van der Waals surface area contributed by atoms with E-state index < -0.39 is 5.82 Å². The maximum Gasteiger partial charge on any atom is 0.161 e. The number of hydrogen-bond donors (Lipinski definition) is 1. The Balaban J connectivity index is 2.14. The Morgan fingerprint density at radius 1 is 1.26 bits per heavy atom. The van der Waals surface area contributed by atoms with Crippen molar-refractivity contribution < 1.29 is 9.50 Å². The predicted molar refractivity (Wildman–Crippen MR) is 78.8 cm³/mol. The average Bonchev–Trinajstić information content (AvgIpc) is 3.15. The lowest BCUT2D eigenvalue weighted by Gasteiger charge is -2.08. The van der Waals surface area contributed by atoms with Crippen LogP contribution in [0.1, 0.15) is 24.5 Å². The first kappa shape index (κ1) is 13.1. The maximum atomic E-state index is 13.3. The molecule has 98 valence electrons. The second-order valence-electron chi connectivity index (χ2n) is 4.51. The topological polar surface area (TPSA) is 46.0 Å². The number of benzene rings is 1. The summed E-state index contributed by atoms with van der Waals surface area (Å²) in [5.74, 6) is 0.0953. The van der Waals surface area contributed by atoms with E-state index in [9.17, 15) is 9.50 Å². The highest BCUT2D eigenvalue weighted by molar-refractivity contribution is 14.1. The third-order valence-corrected chi connectivity index (χ3v) is 4.60. The summed E-state index contributed by atoms with van der Waals surface area (Å²) in [6.07, 6.45) is 2.19. The van der Waals surface area contributed by atoms with Gasteiger partial charge in [-0.1, -0.05) is 11.6 Å². The van der Waals surface area contributed by atoms with Crippen LogP contribution < -0.4 is 0 Å². The van der Waals surface area contributed by atoms with Crippen LogP contribution in [0.2, 0.25) is 5.15 Å². The van der Waals surface area contributed by atoms with Crippen molar-refractivity contribution in [3.8, 4) is 17.1 Å². The predicted octanol–water partition coefficient (Wildman–Crippen LogP) is 4.12. The van der Waals surface area contributed by atoms with Crippen LogP contribution in [-0.2, 0) is 0 Å². The van der Waals surface area contributed by atoms with Gasteiger partial charge in [-0.15, -0.1) is 0 Å². The van der Waals surface area contributed by atoms with Crippen molar-refractivity contribution in [1.82, 2.24) is 9.97 Å². The maximum absolute atomic E-state index is 13.3. The van der Waals surface area contributed by atoms with Crippen LogP contribution >= 0.6 is 34.2 Å². The zero-order chi connectivity index (χ0) is 13.6. The van der Waals surface area contributed by atoms with Crippen molar-refractivity contribution >= 4 is 34.2 Å². The molecular formula is C13H9ClFIN2O. The number of nitrogens with zero attached hydrogens (tertiary/aromatic N) is 2. The minimum Gasteiger partial charge on any atom is -0.508 e. The fourth-order valence-corrected chi connectivity index (χ4v) is 2.75. The summed E-state index contributed by atoms with van der Waals surface area (Å²) in [7, 11) is 0. The van der Waals surface area contributed by atoms with E-state index in [-0.39, 0.29) is 5.75 Å². The van der Waals surface area contributed by atoms with Crippen molar-refractivity contribution in [2.24, 2.45) is 0 Å². The highest BCUT2D eigenvalue weighted by Gasteiger charge is 2.29. The van der Waals surface area contributed by atoms with Gasteiger partial charge in [0.05, 0.1) is 9.26 Å². The van der Waals surface area contributed by atoms with Crippen LogP contribution in [-0.4, -0.2) is 15.1 Å². The number of aromatic hydroxyl groups is 1. The fourth-order valence-electron chi connectivity index (χ4n) is 1.90. The van der Waals surface area contributed by atoms with Gasteiger partial charge in [0.15, 0.2) is 5.82 Å². The lowest BCUT2D eigenvalue weighted by atomic mass is 10.2. The number of phenolic OH excluding ortho intramolecular Hbond substituents is 1. The summed E-state index contributed by atoms with van der Waals surface area (Å²) in [5.41, 5.74) is 1.34. The summed E-state index contributed by atoms with van der Waals surface area (Å²) in [6.45, 7) is 0. The first-order valence-corrected chi connectivity index (χ1v) is 7.23. The van der Waals surface area contributed by atoms with Crippen LogP contribution in [0.15, 0.2) is 18.2 Å². The molecule has 1 N–H and O–H groups in total. The third-order valence-electron chi connectivity index (χ3n) is 2.94. The summed E-state index contributed by atoms with van der Waals surface area (Å²) in [5, 5.41) is 9.81. The van der Waals surface area contributed by atoms with Gasteiger partial charge in [-0.3, -0.25) is 0 Å². The van der Waals surface area contributed by atoms with Gasteiger partial charge in [0, 0.05) is 17.5 Å². The molecule has 0 atom stereocenters. The van der Waals surface area contributed by atoms with Crippen LogP contribution in [0.3, 0.4) is 0 Å². The molecule has 0 saturated heterocycles. The molecule has 0 spiro atoms. The Bertz CT molecular complexity index is 641. The fraction of sp³-hybridized carbons (Fsp3) is 0.231. The van der Waals surface area contributed by atoms with Gasteiger partial charge >= 0.3 is 0 Å². The molecule has 1 aliphatic carbocycles. The van der Waals surface area contributed by atoms with Crippen molar-refractivity contribution in [3.05, 3.63) is 38.4 Å². The van der Waals surface area contributed by atoms with Gasteiger partial charge in [0.2, 0.25) is 0 Å². The molecule has 0 radical (unpaired) electrons. The van der Waals surface area contributed by atoms with Crippen LogP contribution in [0, 0.1) is 9.39 Å². The highest BCUT2D eigenvalue weighted by atomic mass is 127. The minimum atomic E-state index is -0.527. The van der Waals surface area contributed by atoms with Gasteiger partial charge in [-0.25, -0.2) is 14.4 Å². The van der Waals surface area contributed by atoms with E-state index >= 15 is 0 Å². The number of halogens is 3. The Labute approximate surface area is 128 Å². The zero-order valence-electron chi connectivity index (χ0n) is 9.70. The standard InChI is InChI=1S/C13H9ClFIN2O/c14-12-10(16)11(6-1-2-6)17-13(18-12)7-3-8(15)5-9(19)4-7/h3-6,19H,1-2H2. The van der Waals surface area contributed by atoms with Crippen LogP contribution in [0.4, 0.5) is 4.39 Å². The summed E-state index contributed by atoms with van der Waals surface area (Å²) >= 11 is 8.23. The molecule has 1 fully saturated rings. The lowest BCUT2D eigenvalue weighted by molar-refractivity contribution is 0.469. The molecule has 0 aliphatic heterocycles. The van der Waals surface area contributed by atoms with Crippen LogP contribution in [0.5, 0.6) is 5.75 Å². The van der Waals surface area contributed by atoms with Gasteiger partial charge in [-0.2, -0.15) is 0 Å². The number of phenols is 1. The van der Waals surface area contributed by atoms with E-state index in [0.29, 0.717) is 22.5 Å². The average molecular weight is 391 g/mol. The van der Waals surface area contributed by atoms with Gasteiger partial charge in [-0.05, 0) is 47.6 Å². The number of hydrogen-bond acceptors (Lipinski definition) is 3. The Hall–Kier alpha value is -0.950. The molecule has 3 rings (SSSR count). The zero-order valence-corrected chi connectivity index (χ0v) is 12.6. The SMILES string of the molecule is Oc1cc(F)cc(-c2nc(Cl)c(I)c(C3CC3)n2)c1. The molecule has 1 aromatic carbocycles. The molecule has 3 nitrogen and oxygen atoms in total. The van der Waals surface area contributed by atoms with E-state index in [1.807, 2.05) is 0 Å². The van der Waals surface area contributed by atoms with E-state index in [0.717, 1.165) is 28.2 Å². The van der Waals surface area contributed by atoms with Crippen molar-refractivity contribution in [2.45, 2.75) is 18.8 Å². The summed E-state index contributed by atoms with van der Waals surface area (Å²) in [4.78, 5) is 8.63. The molecule has 1 aromatic heterocycles. The second-order valence-corrected chi connectivity index (χ2v) is 5.95. The first-order valence-electron chi connectivity index (χ1n) is 5.77. The van der Waals surface area contributed by atoms with Crippen LogP contribution in [0.25, 0.3) is 11.4 Å². The summed E-state index contributed by atoms with van der Waals surface area (Å²) < 4.78 is 14.2. The first-order chi connectivity index (χ1) is 9.04. The monoisotopic (exact) mass is 390 g/mol. The minimum absolute atomic E-state index is 0.152.